The van der Waals surface area contributed by atoms with E-state index in [-0.39, 0.29) is 22.5 Å². The molecular weight excluding hydrogens is 394 g/mol. The molecule has 1 N–H and O–H groups in total. The van der Waals surface area contributed by atoms with Gasteiger partial charge in [0, 0.05) is 19.0 Å². The Hall–Kier alpha value is -3.94. The topological polar surface area (TPSA) is 90.9 Å². The van der Waals surface area contributed by atoms with Crippen LogP contribution in [0.4, 0.5) is 5.69 Å². The Morgan fingerprint density at radius 2 is 1.61 bits per heavy atom. The monoisotopic (exact) mass is 417 g/mol. The van der Waals surface area contributed by atoms with Gasteiger partial charge < -0.3 is 5.32 Å². The highest BCUT2D eigenvalue weighted by Gasteiger charge is 2.22. The first kappa shape index (κ1) is 20.3. The third-order valence-corrected chi connectivity index (χ3v) is 5.31. The molecular formula is C23H23N5O3. The molecule has 31 heavy (non-hydrogen) atoms. The molecule has 0 aliphatic heterocycles. The molecule has 2 heterocycles. The van der Waals surface area contributed by atoms with E-state index in [1.165, 1.54) is 9.36 Å². The van der Waals surface area contributed by atoms with Crippen LogP contribution in [-0.4, -0.2) is 25.1 Å². The number of fused-ring (bicyclic) bond motifs is 1. The van der Waals surface area contributed by atoms with Gasteiger partial charge in [-0.25, -0.2) is 9.36 Å². The first-order valence-electron chi connectivity index (χ1n) is 10.1. The first-order valence-corrected chi connectivity index (χ1v) is 10.1. The van der Waals surface area contributed by atoms with E-state index < -0.39 is 5.91 Å². The van der Waals surface area contributed by atoms with Crippen molar-refractivity contribution in [2.24, 2.45) is 7.05 Å². The molecule has 0 saturated carbocycles. The molecule has 158 valence electrons. The van der Waals surface area contributed by atoms with Gasteiger partial charge in [0.1, 0.15) is 5.69 Å². The highest BCUT2D eigenvalue weighted by Crippen LogP contribution is 2.18. The highest BCUT2D eigenvalue weighted by atomic mass is 16.2. The average molecular weight is 417 g/mol. The lowest BCUT2D eigenvalue weighted by atomic mass is 10.1. The van der Waals surface area contributed by atoms with Gasteiger partial charge in [0.15, 0.2) is 5.69 Å². The summed E-state index contributed by atoms with van der Waals surface area (Å²) in [6.07, 6.45) is 0.700. The maximum absolute atomic E-state index is 13.2. The zero-order chi connectivity index (χ0) is 22.1. The summed E-state index contributed by atoms with van der Waals surface area (Å²) in [6, 6.07) is 16.1. The summed E-state index contributed by atoms with van der Waals surface area (Å²) in [7, 11) is 1.76. The van der Waals surface area contributed by atoms with Crippen LogP contribution in [0.1, 0.15) is 29.5 Å². The van der Waals surface area contributed by atoms with Gasteiger partial charge in [-0.05, 0) is 31.5 Å². The molecule has 8 nitrogen and oxygen atoms in total. The third kappa shape index (κ3) is 3.46. The molecule has 0 aliphatic carbocycles. The minimum atomic E-state index is -0.535. The van der Waals surface area contributed by atoms with Gasteiger partial charge in [0.05, 0.1) is 16.8 Å². The van der Waals surface area contributed by atoms with Gasteiger partial charge in [-0.15, -0.1) is 0 Å². The zero-order valence-corrected chi connectivity index (χ0v) is 17.6. The molecule has 0 bridgehead atoms. The van der Waals surface area contributed by atoms with Crippen LogP contribution >= 0.6 is 0 Å². The fourth-order valence-electron chi connectivity index (χ4n) is 3.65. The Morgan fingerprint density at radius 3 is 2.29 bits per heavy atom. The van der Waals surface area contributed by atoms with Crippen LogP contribution < -0.4 is 16.4 Å². The second-order valence-corrected chi connectivity index (χ2v) is 7.31. The largest absolute Gasteiger partial charge is 0.314 e. The van der Waals surface area contributed by atoms with Gasteiger partial charge in [-0.1, -0.05) is 43.3 Å². The maximum atomic E-state index is 13.2. The Morgan fingerprint density at radius 1 is 0.968 bits per heavy atom. The molecule has 0 fully saturated rings. The molecule has 0 unspecified atom stereocenters. The van der Waals surface area contributed by atoms with Crippen molar-refractivity contribution < 1.29 is 4.79 Å². The van der Waals surface area contributed by atoms with E-state index in [2.05, 4.69) is 10.4 Å². The summed E-state index contributed by atoms with van der Waals surface area (Å²) in [6.45, 7) is 4.09. The SMILES string of the molecule is CCCn1nc(C(=O)Nc2c(C)n(C)n(-c3ccccc3)c2=O)c2ccccc2c1=O. The zero-order valence-electron chi connectivity index (χ0n) is 17.6. The standard InChI is InChI=1S/C23H23N5O3/c1-4-14-27-22(30)18-13-9-8-12-17(18)20(25-27)21(29)24-19-15(2)26(3)28(23(19)31)16-10-6-5-7-11-16/h5-13H,4,14H2,1-3H3,(H,24,29). The number of aryl methyl sites for hydroxylation is 1. The van der Waals surface area contributed by atoms with E-state index in [1.807, 2.05) is 37.3 Å². The number of hydrogen-bond acceptors (Lipinski definition) is 4. The van der Waals surface area contributed by atoms with Crippen LogP contribution in [0.3, 0.4) is 0 Å². The molecule has 2 aromatic heterocycles. The predicted octanol–water partition coefficient (Wildman–Crippen LogP) is 2.86. The summed E-state index contributed by atoms with van der Waals surface area (Å²) >= 11 is 0. The van der Waals surface area contributed by atoms with E-state index >= 15 is 0 Å². The Kier molecular flexibility index (Phi) is 5.29. The van der Waals surface area contributed by atoms with Crippen molar-refractivity contribution in [1.29, 1.82) is 0 Å². The van der Waals surface area contributed by atoms with E-state index in [4.69, 9.17) is 0 Å². The number of para-hydroxylation sites is 1. The number of carbonyl (C=O) groups is 1. The first-order chi connectivity index (χ1) is 14.9. The number of rotatable bonds is 5. The highest BCUT2D eigenvalue weighted by molar-refractivity contribution is 6.11. The van der Waals surface area contributed by atoms with Crippen LogP contribution in [0.25, 0.3) is 16.5 Å². The van der Waals surface area contributed by atoms with Crippen molar-refractivity contribution in [3.8, 4) is 5.69 Å². The molecule has 0 atom stereocenters. The lowest BCUT2D eigenvalue weighted by Gasteiger charge is -2.10. The fourth-order valence-corrected chi connectivity index (χ4v) is 3.65. The molecule has 0 aliphatic rings. The van der Waals surface area contributed by atoms with Gasteiger partial charge in [-0.3, -0.25) is 19.1 Å². The predicted molar refractivity (Wildman–Crippen MR) is 120 cm³/mol. The number of hydrogen-bond donors (Lipinski definition) is 1. The molecule has 0 spiro atoms. The quantitative estimate of drug-likeness (QED) is 0.541. The summed E-state index contributed by atoms with van der Waals surface area (Å²) in [5, 5.41) is 7.92. The van der Waals surface area contributed by atoms with Crippen molar-refractivity contribution in [2.75, 3.05) is 5.32 Å². The summed E-state index contributed by atoms with van der Waals surface area (Å²) in [5.41, 5.74) is 1.00. The smallest absolute Gasteiger partial charge is 0.295 e. The molecule has 2 aromatic carbocycles. The fraction of sp³-hybridized carbons (Fsp3) is 0.217. The Balaban J connectivity index is 1.82. The lowest BCUT2D eigenvalue weighted by molar-refractivity contribution is 0.102. The number of nitrogens with zero attached hydrogens (tertiary/aromatic N) is 4. The summed E-state index contributed by atoms with van der Waals surface area (Å²) in [4.78, 5) is 39.0. The molecule has 8 heteroatoms. The van der Waals surface area contributed by atoms with Gasteiger partial charge in [-0.2, -0.15) is 5.10 Å². The molecule has 1 amide bonds. The number of anilines is 1. The number of nitrogens with one attached hydrogen (secondary N) is 1. The van der Waals surface area contributed by atoms with Gasteiger partial charge in [0.25, 0.3) is 17.0 Å². The number of aromatic nitrogens is 4. The normalized spacial score (nSPS) is 11.1. The van der Waals surface area contributed by atoms with Crippen LogP contribution in [0.15, 0.2) is 64.2 Å². The third-order valence-electron chi connectivity index (χ3n) is 5.31. The van der Waals surface area contributed by atoms with Crippen LogP contribution in [0, 0.1) is 6.92 Å². The molecule has 4 rings (SSSR count). The number of carbonyl (C=O) groups excluding carboxylic acids is 1. The lowest BCUT2D eigenvalue weighted by Crippen LogP contribution is -2.28. The van der Waals surface area contributed by atoms with Crippen molar-refractivity contribution in [3.05, 3.63) is 86.7 Å². The van der Waals surface area contributed by atoms with Gasteiger partial charge >= 0.3 is 0 Å². The molecule has 0 saturated heterocycles. The van der Waals surface area contributed by atoms with E-state index in [0.717, 1.165) is 0 Å². The summed E-state index contributed by atoms with van der Waals surface area (Å²) < 4.78 is 4.49. The minimum absolute atomic E-state index is 0.109. The van der Waals surface area contributed by atoms with E-state index in [1.54, 1.807) is 42.9 Å². The summed E-state index contributed by atoms with van der Waals surface area (Å²) in [5.74, 6) is -0.535. The maximum Gasteiger partial charge on any atom is 0.295 e. The van der Waals surface area contributed by atoms with Crippen molar-refractivity contribution in [2.45, 2.75) is 26.8 Å². The number of amides is 1. The van der Waals surface area contributed by atoms with Crippen LogP contribution in [0.2, 0.25) is 0 Å². The minimum Gasteiger partial charge on any atom is -0.314 e. The van der Waals surface area contributed by atoms with Crippen molar-refractivity contribution >= 4 is 22.4 Å². The second-order valence-electron chi connectivity index (χ2n) is 7.31. The van der Waals surface area contributed by atoms with Gasteiger partial charge in [0.2, 0.25) is 0 Å². The molecule has 0 radical (unpaired) electrons. The van der Waals surface area contributed by atoms with E-state index in [0.29, 0.717) is 35.1 Å². The second kappa shape index (κ2) is 8.06. The van der Waals surface area contributed by atoms with Crippen molar-refractivity contribution in [3.63, 3.8) is 0 Å². The Labute approximate surface area is 178 Å². The van der Waals surface area contributed by atoms with Crippen LogP contribution in [-0.2, 0) is 13.6 Å². The molecule has 4 aromatic rings. The van der Waals surface area contributed by atoms with E-state index in [9.17, 15) is 14.4 Å². The average Bonchev–Trinajstić information content (AvgIpc) is 2.99. The number of benzene rings is 2. The van der Waals surface area contributed by atoms with Crippen LogP contribution in [0.5, 0.6) is 0 Å². The Bertz CT molecular complexity index is 1400. The van der Waals surface area contributed by atoms with Crippen molar-refractivity contribution in [1.82, 2.24) is 19.1 Å².